The second-order valence-electron chi connectivity index (χ2n) is 4.28. The van der Waals surface area contributed by atoms with Gasteiger partial charge in [0.25, 0.3) is 0 Å². The molecule has 0 aromatic rings. The summed E-state index contributed by atoms with van der Waals surface area (Å²) in [5, 5.41) is 12.4. The van der Waals surface area contributed by atoms with Gasteiger partial charge in [-0.2, -0.15) is 5.26 Å². The first-order chi connectivity index (χ1) is 5.39. The van der Waals surface area contributed by atoms with Crippen molar-refractivity contribution >= 4 is 0 Å². The molecule has 2 heteroatoms. The van der Waals surface area contributed by atoms with Crippen LogP contribution in [0.25, 0.3) is 0 Å². The molecule has 12 heavy (non-hydrogen) atoms. The van der Waals surface area contributed by atoms with Gasteiger partial charge in [0, 0.05) is 5.54 Å². The Morgan fingerprint density at radius 2 is 1.58 bits per heavy atom. The van der Waals surface area contributed by atoms with Crippen molar-refractivity contribution in [3.8, 4) is 6.07 Å². The molecule has 0 spiro atoms. The van der Waals surface area contributed by atoms with Crippen molar-refractivity contribution in [1.29, 1.82) is 5.26 Å². The van der Waals surface area contributed by atoms with Crippen LogP contribution in [0.4, 0.5) is 0 Å². The molecule has 0 saturated carbocycles. The van der Waals surface area contributed by atoms with E-state index in [1.807, 2.05) is 13.8 Å². The largest absolute Gasteiger partial charge is 0.295 e. The third-order valence-corrected chi connectivity index (χ3v) is 2.04. The van der Waals surface area contributed by atoms with Gasteiger partial charge in [-0.25, -0.2) is 0 Å². The van der Waals surface area contributed by atoms with Gasteiger partial charge in [-0.3, -0.25) is 5.32 Å². The molecule has 0 aromatic carbocycles. The van der Waals surface area contributed by atoms with E-state index in [0.717, 1.165) is 12.8 Å². The lowest BCUT2D eigenvalue weighted by molar-refractivity contribution is 0.284. The zero-order valence-corrected chi connectivity index (χ0v) is 8.86. The number of nitrogens with one attached hydrogen (secondary N) is 1. The van der Waals surface area contributed by atoms with Gasteiger partial charge in [0.15, 0.2) is 0 Å². The molecule has 0 aliphatic carbocycles. The van der Waals surface area contributed by atoms with Crippen LogP contribution < -0.4 is 5.32 Å². The number of rotatable bonds is 3. The maximum absolute atomic E-state index is 9.03. The van der Waals surface area contributed by atoms with E-state index in [2.05, 4.69) is 32.2 Å². The van der Waals surface area contributed by atoms with Crippen LogP contribution in [0.3, 0.4) is 0 Å². The minimum absolute atomic E-state index is 0.0156. The first kappa shape index (κ1) is 11.4. The fraction of sp³-hybridized carbons (Fsp3) is 0.900. The molecule has 70 valence electrons. The van der Waals surface area contributed by atoms with Crippen molar-refractivity contribution in [2.75, 3.05) is 0 Å². The van der Waals surface area contributed by atoms with Crippen molar-refractivity contribution in [3.63, 3.8) is 0 Å². The van der Waals surface area contributed by atoms with Gasteiger partial charge in [-0.1, -0.05) is 13.8 Å². The zero-order valence-electron chi connectivity index (χ0n) is 8.86. The summed E-state index contributed by atoms with van der Waals surface area (Å²) < 4.78 is 0. The van der Waals surface area contributed by atoms with E-state index < -0.39 is 0 Å². The van der Waals surface area contributed by atoms with Crippen LogP contribution in [0.2, 0.25) is 0 Å². The van der Waals surface area contributed by atoms with Gasteiger partial charge in [-0.15, -0.1) is 0 Å². The van der Waals surface area contributed by atoms with Crippen LogP contribution in [0.15, 0.2) is 0 Å². The highest BCUT2D eigenvalue weighted by atomic mass is 15.0. The second kappa shape index (κ2) is 3.91. The summed E-state index contributed by atoms with van der Waals surface area (Å²) in [5.74, 6) is 0. The van der Waals surface area contributed by atoms with Crippen molar-refractivity contribution in [1.82, 2.24) is 5.32 Å². The molecule has 1 N–H and O–H groups in total. The SMILES string of the molecule is CCC(C#N)(CC)NC(C)(C)C. The van der Waals surface area contributed by atoms with Gasteiger partial charge >= 0.3 is 0 Å². The fourth-order valence-electron chi connectivity index (χ4n) is 1.33. The standard InChI is InChI=1S/C10H20N2/c1-6-10(7-2,8-11)12-9(3,4)5/h12H,6-7H2,1-5H3. The van der Waals surface area contributed by atoms with Crippen LogP contribution in [0.5, 0.6) is 0 Å². The Hall–Kier alpha value is -0.550. The Kier molecular flexibility index (Phi) is 3.73. The zero-order chi connectivity index (χ0) is 9.83. The van der Waals surface area contributed by atoms with E-state index in [0.29, 0.717) is 0 Å². The van der Waals surface area contributed by atoms with Crippen LogP contribution in [-0.4, -0.2) is 11.1 Å². The number of nitriles is 1. The van der Waals surface area contributed by atoms with Crippen molar-refractivity contribution in [2.24, 2.45) is 0 Å². The maximum Gasteiger partial charge on any atom is 0.106 e. The Balaban J connectivity index is 4.45. The van der Waals surface area contributed by atoms with Gasteiger partial charge in [0.2, 0.25) is 0 Å². The molecule has 0 radical (unpaired) electrons. The summed E-state index contributed by atoms with van der Waals surface area (Å²) in [6.45, 7) is 10.4. The lowest BCUT2D eigenvalue weighted by atomic mass is 9.91. The lowest BCUT2D eigenvalue weighted by Crippen LogP contribution is -2.52. The van der Waals surface area contributed by atoms with Crippen LogP contribution in [-0.2, 0) is 0 Å². The van der Waals surface area contributed by atoms with Crippen LogP contribution in [0, 0.1) is 11.3 Å². The molecule has 0 atom stereocenters. The van der Waals surface area contributed by atoms with Crippen molar-refractivity contribution < 1.29 is 0 Å². The topological polar surface area (TPSA) is 35.8 Å². The third-order valence-electron chi connectivity index (χ3n) is 2.04. The van der Waals surface area contributed by atoms with Crippen LogP contribution in [0.1, 0.15) is 47.5 Å². The molecular weight excluding hydrogens is 148 g/mol. The van der Waals surface area contributed by atoms with E-state index in [4.69, 9.17) is 5.26 Å². The summed E-state index contributed by atoms with van der Waals surface area (Å²) in [4.78, 5) is 0. The predicted molar refractivity (Wildman–Crippen MR) is 51.8 cm³/mol. The average molecular weight is 168 g/mol. The maximum atomic E-state index is 9.03. The molecule has 0 rings (SSSR count). The molecule has 0 aromatic heterocycles. The number of nitrogens with zero attached hydrogens (tertiary/aromatic N) is 1. The second-order valence-corrected chi connectivity index (χ2v) is 4.28. The highest BCUT2D eigenvalue weighted by Gasteiger charge is 2.29. The molecule has 0 heterocycles. The van der Waals surface area contributed by atoms with Crippen molar-refractivity contribution in [2.45, 2.75) is 58.5 Å². The van der Waals surface area contributed by atoms with Crippen molar-refractivity contribution in [3.05, 3.63) is 0 Å². The number of hydrogen-bond acceptors (Lipinski definition) is 2. The molecule has 0 bridgehead atoms. The quantitative estimate of drug-likeness (QED) is 0.702. The molecule has 0 fully saturated rings. The van der Waals surface area contributed by atoms with E-state index in [9.17, 15) is 0 Å². The predicted octanol–water partition coefficient (Wildman–Crippen LogP) is 2.46. The number of hydrogen-bond donors (Lipinski definition) is 1. The monoisotopic (exact) mass is 168 g/mol. The molecule has 0 saturated heterocycles. The summed E-state index contributed by atoms with van der Waals surface area (Å²) in [7, 11) is 0. The Labute approximate surface area is 76.0 Å². The third kappa shape index (κ3) is 3.23. The van der Waals surface area contributed by atoms with Gasteiger partial charge in [0.1, 0.15) is 5.54 Å². The highest BCUT2D eigenvalue weighted by molar-refractivity contribution is 5.07. The van der Waals surface area contributed by atoms with E-state index in [-0.39, 0.29) is 11.1 Å². The Bertz CT molecular complexity index is 167. The molecular formula is C10H20N2. The first-order valence-corrected chi connectivity index (χ1v) is 4.59. The molecule has 0 aliphatic heterocycles. The lowest BCUT2D eigenvalue weighted by Gasteiger charge is -2.33. The average Bonchev–Trinajstić information content (AvgIpc) is 1.99. The van der Waals surface area contributed by atoms with E-state index in [1.165, 1.54) is 0 Å². The Morgan fingerprint density at radius 3 is 1.67 bits per heavy atom. The van der Waals surface area contributed by atoms with Crippen LogP contribution >= 0.6 is 0 Å². The molecule has 0 aliphatic rings. The van der Waals surface area contributed by atoms with Gasteiger partial charge < -0.3 is 0 Å². The molecule has 0 unspecified atom stereocenters. The minimum atomic E-state index is -0.335. The van der Waals surface area contributed by atoms with E-state index >= 15 is 0 Å². The van der Waals surface area contributed by atoms with E-state index in [1.54, 1.807) is 0 Å². The van der Waals surface area contributed by atoms with Gasteiger partial charge in [-0.05, 0) is 33.6 Å². The highest BCUT2D eigenvalue weighted by Crippen LogP contribution is 2.17. The summed E-state index contributed by atoms with van der Waals surface area (Å²) in [6.07, 6.45) is 1.72. The fourth-order valence-corrected chi connectivity index (χ4v) is 1.33. The minimum Gasteiger partial charge on any atom is -0.295 e. The summed E-state index contributed by atoms with van der Waals surface area (Å²) >= 11 is 0. The smallest absolute Gasteiger partial charge is 0.106 e. The summed E-state index contributed by atoms with van der Waals surface area (Å²) in [5.41, 5.74) is -0.319. The first-order valence-electron chi connectivity index (χ1n) is 4.59. The normalized spacial score (nSPS) is 12.7. The Morgan fingerprint density at radius 1 is 1.17 bits per heavy atom. The molecule has 0 amide bonds. The summed E-state index contributed by atoms with van der Waals surface area (Å²) in [6, 6.07) is 2.36. The molecule has 2 nitrogen and oxygen atoms in total. The van der Waals surface area contributed by atoms with Gasteiger partial charge in [0.05, 0.1) is 6.07 Å².